The van der Waals surface area contributed by atoms with Crippen molar-refractivity contribution >= 4 is 11.6 Å². The van der Waals surface area contributed by atoms with Crippen LogP contribution in [0.2, 0.25) is 0 Å². The molecule has 0 atom stereocenters. The number of para-hydroxylation sites is 1. The predicted molar refractivity (Wildman–Crippen MR) is 76.4 cm³/mol. The summed E-state index contributed by atoms with van der Waals surface area (Å²) in [5, 5.41) is 5.65. The molecule has 0 spiro atoms. The number of anilines is 1. The Kier molecular flexibility index (Phi) is 4.60. The number of carbonyl (C=O) groups excluding carboxylic acids is 1. The van der Waals surface area contributed by atoms with Crippen LogP contribution in [0.25, 0.3) is 0 Å². The third-order valence-corrected chi connectivity index (χ3v) is 3.93. The van der Waals surface area contributed by atoms with Crippen LogP contribution in [0.15, 0.2) is 18.2 Å². The third kappa shape index (κ3) is 3.28. The Morgan fingerprint density at radius 1 is 1.45 bits per heavy atom. The Morgan fingerprint density at radius 3 is 2.80 bits per heavy atom. The van der Waals surface area contributed by atoms with Crippen LogP contribution in [-0.4, -0.2) is 33.2 Å². The maximum atomic E-state index is 13.6. The maximum absolute atomic E-state index is 13.6. The zero-order valence-electron chi connectivity index (χ0n) is 12.0. The average molecular weight is 280 g/mol. The molecule has 1 fully saturated rings. The van der Waals surface area contributed by atoms with Gasteiger partial charge in [0.25, 0.3) is 5.91 Å². The van der Waals surface area contributed by atoms with E-state index in [0.717, 1.165) is 19.3 Å². The number of hydrogen-bond donors (Lipinski definition) is 2. The summed E-state index contributed by atoms with van der Waals surface area (Å²) >= 11 is 0. The molecule has 1 aromatic rings. The van der Waals surface area contributed by atoms with Crippen LogP contribution in [0.3, 0.4) is 0 Å². The number of benzene rings is 1. The second-order valence-corrected chi connectivity index (χ2v) is 5.34. The Labute approximate surface area is 118 Å². The zero-order chi connectivity index (χ0) is 14.6. The molecule has 0 heterocycles. The molecule has 1 aliphatic rings. The van der Waals surface area contributed by atoms with Crippen molar-refractivity contribution in [2.75, 3.05) is 32.6 Å². The van der Waals surface area contributed by atoms with Crippen LogP contribution >= 0.6 is 0 Å². The molecular formula is C15H21FN2O2. The number of methoxy groups -OCH3 is 1. The normalized spacial score (nSPS) is 15.8. The molecule has 0 saturated heterocycles. The van der Waals surface area contributed by atoms with E-state index < -0.39 is 5.82 Å². The van der Waals surface area contributed by atoms with E-state index in [-0.39, 0.29) is 17.0 Å². The fourth-order valence-electron chi connectivity index (χ4n) is 2.34. The van der Waals surface area contributed by atoms with Gasteiger partial charge in [0.15, 0.2) is 0 Å². The lowest BCUT2D eigenvalue weighted by atomic mass is 10.0. The molecule has 5 heteroatoms. The molecule has 0 radical (unpaired) electrons. The number of nitrogens with one attached hydrogen (secondary N) is 2. The highest BCUT2D eigenvalue weighted by molar-refractivity contribution is 5.99. The number of ether oxygens (including phenoxy) is 1. The van der Waals surface area contributed by atoms with Crippen molar-refractivity contribution in [1.82, 2.24) is 5.32 Å². The van der Waals surface area contributed by atoms with Crippen molar-refractivity contribution in [3.63, 3.8) is 0 Å². The highest BCUT2D eigenvalue weighted by atomic mass is 19.1. The van der Waals surface area contributed by atoms with E-state index in [2.05, 4.69) is 10.6 Å². The molecular weight excluding hydrogens is 259 g/mol. The van der Waals surface area contributed by atoms with Crippen LogP contribution in [0.4, 0.5) is 10.1 Å². The van der Waals surface area contributed by atoms with Gasteiger partial charge in [0, 0.05) is 27.3 Å². The van der Waals surface area contributed by atoms with Gasteiger partial charge in [-0.15, -0.1) is 0 Å². The number of carbonyl (C=O) groups is 1. The number of halogens is 1. The Balaban J connectivity index is 1.97. The van der Waals surface area contributed by atoms with Crippen LogP contribution in [0, 0.1) is 11.2 Å². The van der Waals surface area contributed by atoms with E-state index >= 15 is 0 Å². The van der Waals surface area contributed by atoms with E-state index in [0.29, 0.717) is 18.7 Å². The highest BCUT2D eigenvalue weighted by Crippen LogP contribution is 2.48. The van der Waals surface area contributed by atoms with E-state index in [9.17, 15) is 9.18 Å². The molecule has 2 rings (SSSR count). The lowest BCUT2D eigenvalue weighted by Crippen LogP contribution is -2.31. The number of amides is 1. The minimum Gasteiger partial charge on any atom is -0.385 e. The van der Waals surface area contributed by atoms with Crippen LogP contribution in [-0.2, 0) is 4.74 Å². The predicted octanol–water partition coefficient (Wildman–Crippen LogP) is 2.41. The first-order chi connectivity index (χ1) is 9.62. The summed E-state index contributed by atoms with van der Waals surface area (Å²) in [6.45, 7) is 1.33. The van der Waals surface area contributed by atoms with E-state index in [1.807, 2.05) is 0 Å². The van der Waals surface area contributed by atoms with E-state index in [4.69, 9.17) is 4.74 Å². The Morgan fingerprint density at radius 2 is 2.20 bits per heavy atom. The van der Waals surface area contributed by atoms with Crippen LogP contribution in [0.5, 0.6) is 0 Å². The topological polar surface area (TPSA) is 50.4 Å². The summed E-state index contributed by atoms with van der Waals surface area (Å²) in [6, 6.07) is 4.51. The summed E-state index contributed by atoms with van der Waals surface area (Å²) in [5.74, 6) is -0.654. The molecule has 0 bridgehead atoms. The second-order valence-electron chi connectivity index (χ2n) is 5.34. The van der Waals surface area contributed by atoms with Crippen molar-refractivity contribution in [3.8, 4) is 0 Å². The van der Waals surface area contributed by atoms with Gasteiger partial charge in [-0.3, -0.25) is 4.79 Å². The summed E-state index contributed by atoms with van der Waals surface area (Å²) in [4.78, 5) is 12.2. The monoisotopic (exact) mass is 280 g/mol. The second kappa shape index (κ2) is 6.22. The molecule has 4 nitrogen and oxygen atoms in total. The molecule has 0 aromatic heterocycles. The fraction of sp³-hybridized carbons (Fsp3) is 0.533. The lowest BCUT2D eigenvalue weighted by molar-refractivity contribution is 0.0938. The van der Waals surface area contributed by atoms with Crippen molar-refractivity contribution in [2.24, 2.45) is 5.41 Å². The number of rotatable bonds is 7. The number of hydrogen-bond acceptors (Lipinski definition) is 3. The highest BCUT2D eigenvalue weighted by Gasteiger charge is 2.42. The molecule has 110 valence electrons. The summed E-state index contributed by atoms with van der Waals surface area (Å²) in [7, 11) is 3.29. The largest absolute Gasteiger partial charge is 0.385 e. The van der Waals surface area contributed by atoms with Gasteiger partial charge in [-0.2, -0.15) is 0 Å². The SMILES string of the molecule is CNc1c(F)cccc1C(=O)NCC1(CCOC)CC1. The molecule has 1 aliphatic carbocycles. The third-order valence-electron chi connectivity index (χ3n) is 3.93. The Bertz CT molecular complexity index is 487. The molecule has 1 saturated carbocycles. The minimum absolute atomic E-state index is 0.179. The minimum atomic E-state index is -0.416. The van der Waals surface area contributed by atoms with E-state index in [1.54, 1.807) is 26.3 Å². The molecule has 1 aromatic carbocycles. The smallest absolute Gasteiger partial charge is 0.253 e. The average Bonchev–Trinajstić information content (AvgIpc) is 3.23. The quantitative estimate of drug-likeness (QED) is 0.806. The standard InChI is InChI=1S/C15H21FN2O2/c1-17-13-11(4-3-5-12(13)16)14(19)18-10-15(6-7-15)8-9-20-2/h3-5,17H,6-10H2,1-2H3,(H,18,19). The van der Waals surface area contributed by atoms with Gasteiger partial charge in [-0.05, 0) is 36.8 Å². The van der Waals surface area contributed by atoms with Crippen molar-refractivity contribution in [2.45, 2.75) is 19.3 Å². The molecule has 20 heavy (non-hydrogen) atoms. The van der Waals surface area contributed by atoms with E-state index in [1.165, 1.54) is 6.07 Å². The van der Waals surface area contributed by atoms with Crippen LogP contribution in [0.1, 0.15) is 29.6 Å². The van der Waals surface area contributed by atoms with Gasteiger partial charge in [0.1, 0.15) is 5.82 Å². The molecule has 2 N–H and O–H groups in total. The molecule has 1 amide bonds. The van der Waals surface area contributed by atoms with Crippen molar-refractivity contribution < 1.29 is 13.9 Å². The van der Waals surface area contributed by atoms with Crippen LogP contribution < -0.4 is 10.6 Å². The first-order valence-corrected chi connectivity index (χ1v) is 6.85. The van der Waals surface area contributed by atoms with Gasteiger partial charge in [-0.1, -0.05) is 6.07 Å². The van der Waals surface area contributed by atoms with Gasteiger partial charge < -0.3 is 15.4 Å². The van der Waals surface area contributed by atoms with Gasteiger partial charge in [-0.25, -0.2) is 4.39 Å². The molecule has 0 aliphatic heterocycles. The maximum Gasteiger partial charge on any atom is 0.253 e. The zero-order valence-corrected chi connectivity index (χ0v) is 12.0. The fourth-order valence-corrected chi connectivity index (χ4v) is 2.34. The van der Waals surface area contributed by atoms with Gasteiger partial charge >= 0.3 is 0 Å². The first-order valence-electron chi connectivity index (χ1n) is 6.85. The summed E-state index contributed by atoms with van der Waals surface area (Å²) in [5.41, 5.74) is 0.764. The molecule has 0 unspecified atom stereocenters. The summed E-state index contributed by atoms with van der Waals surface area (Å²) in [6.07, 6.45) is 3.17. The van der Waals surface area contributed by atoms with Gasteiger partial charge in [0.2, 0.25) is 0 Å². The summed E-state index contributed by atoms with van der Waals surface area (Å²) < 4.78 is 18.7. The van der Waals surface area contributed by atoms with Gasteiger partial charge in [0.05, 0.1) is 11.3 Å². The lowest BCUT2D eigenvalue weighted by Gasteiger charge is -2.16. The first kappa shape index (κ1) is 14.8. The van der Waals surface area contributed by atoms with Crippen molar-refractivity contribution in [1.29, 1.82) is 0 Å². The Hall–Kier alpha value is -1.62. The van der Waals surface area contributed by atoms with Crippen molar-refractivity contribution in [3.05, 3.63) is 29.6 Å².